The van der Waals surface area contributed by atoms with E-state index in [2.05, 4.69) is 20.8 Å². The minimum atomic E-state index is -0.371. The molecule has 2 nitrogen and oxygen atoms in total. The maximum Gasteiger partial charge on any atom is 0.241 e. The van der Waals surface area contributed by atoms with E-state index in [1.54, 1.807) is 0 Å². The zero-order chi connectivity index (χ0) is 8.20. The number of allylic oxidation sites excluding steroid dienone is 1. The van der Waals surface area contributed by atoms with Gasteiger partial charge in [-0.05, 0) is 17.9 Å². The number of rotatable bonds is 2. The molecular formula is C8H15NO. The summed E-state index contributed by atoms with van der Waals surface area (Å²) in [4.78, 5) is 10.2. The van der Waals surface area contributed by atoms with Crippen LogP contribution >= 0.6 is 0 Å². The summed E-state index contributed by atoms with van der Waals surface area (Å²) in [7, 11) is 0. The van der Waals surface area contributed by atoms with Crippen LogP contribution in [0.3, 0.4) is 0 Å². The molecule has 0 saturated carbocycles. The van der Waals surface area contributed by atoms with Crippen LogP contribution in [0.25, 0.3) is 0 Å². The van der Waals surface area contributed by atoms with E-state index in [4.69, 9.17) is 5.73 Å². The molecule has 2 N–H and O–H groups in total. The van der Waals surface area contributed by atoms with Crippen molar-refractivity contribution in [2.75, 3.05) is 0 Å². The van der Waals surface area contributed by atoms with Crippen molar-refractivity contribution in [2.24, 2.45) is 11.1 Å². The fourth-order valence-corrected chi connectivity index (χ4v) is 0.529. The number of hydrogen-bond acceptors (Lipinski definition) is 1. The van der Waals surface area contributed by atoms with Crippen LogP contribution in [-0.2, 0) is 4.79 Å². The normalized spacial score (nSPS) is 12.3. The van der Waals surface area contributed by atoms with E-state index in [-0.39, 0.29) is 11.3 Å². The van der Waals surface area contributed by atoms with E-state index in [9.17, 15) is 4.79 Å². The first-order valence-electron chi connectivity index (χ1n) is 3.38. The lowest BCUT2D eigenvalue weighted by Gasteiger charge is -2.13. The molecule has 0 aliphatic heterocycles. The molecule has 10 heavy (non-hydrogen) atoms. The Morgan fingerprint density at radius 1 is 1.50 bits per heavy atom. The molecule has 0 fully saturated rings. The highest BCUT2D eigenvalue weighted by molar-refractivity contribution is 5.85. The fourth-order valence-electron chi connectivity index (χ4n) is 0.529. The average Bonchev–Trinajstić information content (AvgIpc) is 1.59. The van der Waals surface area contributed by atoms with Gasteiger partial charge in [0.25, 0.3) is 0 Å². The smallest absolute Gasteiger partial charge is 0.241 e. The van der Waals surface area contributed by atoms with Crippen molar-refractivity contribution in [3.8, 4) is 0 Å². The van der Waals surface area contributed by atoms with Gasteiger partial charge in [-0.25, -0.2) is 0 Å². The van der Waals surface area contributed by atoms with Crippen molar-refractivity contribution in [1.82, 2.24) is 0 Å². The molecule has 0 radical (unpaired) electrons. The van der Waals surface area contributed by atoms with Crippen molar-refractivity contribution in [2.45, 2.75) is 27.2 Å². The summed E-state index contributed by atoms with van der Waals surface area (Å²) >= 11 is 0. The molecule has 0 aromatic heterocycles. The Morgan fingerprint density at radius 2 is 2.00 bits per heavy atom. The topological polar surface area (TPSA) is 43.1 Å². The van der Waals surface area contributed by atoms with Gasteiger partial charge in [0.2, 0.25) is 5.91 Å². The maximum absolute atomic E-state index is 10.2. The molecule has 0 aromatic rings. The Kier molecular flexibility index (Phi) is 3.13. The van der Waals surface area contributed by atoms with Crippen LogP contribution in [-0.4, -0.2) is 5.91 Å². The predicted molar refractivity (Wildman–Crippen MR) is 42.4 cm³/mol. The average molecular weight is 141 g/mol. The molecule has 0 heterocycles. The van der Waals surface area contributed by atoms with E-state index in [1.165, 1.54) is 6.08 Å². The maximum atomic E-state index is 10.2. The van der Waals surface area contributed by atoms with Gasteiger partial charge >= 0.3 is 0 Å². The Hall–Kier alpha value is -0.790. The van der Waals surface area contributed by atoms with Crippen LogP contribution in [0.5, 0.6) is 0 Å². The molecule has 0 spiro atoms. The second kappa shape index (κ2) is 3.40. The zero-order valence-corrected chi connectivity index (χ0v) is 6.85. The summed E-state index contributed by atoms with van der Waals surface area (Å²) < 4.78 is 0. The molecule has 1 amide bonds. The van der Waals surface area contributed by atoms with E-state index in [1.807, 2.05) is 6.08 Å². The molecule has 0 aliphatic carbocycles. The monoisotopic (exact) mass is 141 g/mol. The number of carbonyl (C=O) groups is 1. The van der Waals surface area contributed by atoms with Crippen LogP contribution in [0.15, 0.2) is 12.2 Å². The first-order valence-corrected chi connectivity index (χ1v) is 3.38. The molecule has 0 aliphatic rings. The van der Waals surface area contributed by atoms with Crippen LogP contribution in [0.1, 0.15) is 27.2 Å². The minimum absolute atomic E-state index is 0.242. The highest BCUT2D eigenvalue weighted by Crippen LogP contribution is 2.18. The van der Waals surface area contributed by atoms with Gasteiger partial charge in [-0.15, -0.1) is 0 Å². The van der Waals surface area contributed by atoms with Gasteiger partial charge in [-0.1, -0.05) is 26.8 Å². The lowest BCUT2D eigenvalue weighted by molar-refractivity contribution is -0.113. The van der Waals surface area contributed by atoms with Crippen molar-refractivity contribution < 1.29 is 4.79 Å². The lowest BCUT2D eigenvalue weighted by Crippen LogP contribution is -2.07. The molecule has 0 aromatic carbocycles. The molecule has 0 unspecified atom stereocenters. The van der Waals surface area contributed by atoms with Gasteiger partial charge in [-0.3, -0.25) is 4.79 Å². The summed E-state index contributed by atoms with van der Waals surface area (Å²) in [6.45, 7) is 6.33. The summed E-state index contributed by atoms with van der Waals surface area (Å²) in [5.74, 6) is -0.371. The molecule has 58 valence electrons. The van der Waals surface area contributed by atoms with Crippen LogP contribution < -0.4 is 5.73 Å². The lowest BCUT2D eigenvalue weighted by atomic mass is 9.92. The second-order valence-electron chi connectivity index (χ2n) is 3.57. The Bertz CT molecular complexity index is 142. The summed E-state index contributed by atoms with van der Waals surface area (Å²) in [6, 6.07) is 0. The Morgan fingerprint density at radius 3 is 2.30 bits per heavy atom. The van der Waals surface area contributed by atoms with Crippen LogP contribution in [0.2, 0.25) is 0 Å². The van der Waals surface area contributed by atoms with Crippen molar-refractivity contribution in [3.05, 3.63) is 12.2 Å². The first-order chi connectivity index (χ1) is 4.42. The van der Waals surface area contributed by atoms with Crippen LogP contribution in [0.4, 0.5) is 0 Å². The fraction of sp³-hybridized carbons (Fsp3) is 0.625. The Balaban J connectivity index is 3.64. The predicted octanol–water partition coefficient (Wildman–Crippen LogP) is 1.46. The molecule has 0 saturated heterocycles. The highest BCUT2D eigenvalue weighted by Gasteiger charge is 2.06. The van der Waals surface area contributed by atoms with Crippen LogP contribution in [0, 0.1) is 5.41 Å². The van der Waals surface area contributed by atoms with E-state index in [0.717, 1.165) is 6.42 Å². The van der Waals surface area contributed by atoms with Crippen molar-refractivity contribution in [3.63, 3.8) is 0 Å². The number of primary amides is 1. The van der Waals surface area contributed by atoms with Crippen molar-refractivity contribution in [1.29, 1.82) is 0 Å². The number of hydrogen-bond donors (Lipinski definition) is 1. The molecule has 0 atom stereocenters. The third kappa shape index (κ3) is 7.21. The molecular weight excluding hydrogens is 126 g/mol. The highest BCUT2D eigenvalue weighted by atomic mass is 16.1. The third-order valence-electron chi connectivity index (χ3n) is 1.01. The number of amides is 1. The van der Waals surface area contributed by atoms with Crippen molar-refractivity contribution >= 4 is 5.91 Å². The van der Waals surface area contributed by atoms with Gasteiger partial charge in [0.05, 0.1) is 0 Å². The summed E-state index contributed by atoms with van der Waals surface area (Å²) in [5, 5.41) is 0. The third-order valence-corrected chi connectivity index (χ3v) is 1.01. The van der Waals surface area contributed by atoms with Gasteiger partial charge in [0, 0.05) is 0 Å². The zero-order valence-electron chi connectivity index (χ0n) is 6.85. The van der Waals surface area contributed by atoms with E-state index < -0.39 is 0 Å². The van der Waals surface area contributed by atoms with E-state index in [0.29, 0.717) is 0 Å². The van der Waals surface area contributed by atoms with Gasteiger partial charge in [0.1, 0.15) is 0 Å². The Labute approximate surface area is 62.1 Å². The first kappa shape index (κ1) is 9.21. The molecule has 0 rings (SSSR count). The van der Waals surface area contributed by atoms with E-state index >= 15 is 0 Å². The second-order valence-corrected chi connectivity index (χ2v) is 3.57. The largest absolute Gasteiger partial charge is 0.366 e. The standard InChI is InChI=1S/C8H15NO/c1-8(2,3)6-4-5-7(9)10/h4-5H,6H2,1-3H3,(H2,9,10). The summed E-state index contributed by atoms with van der Waals surface area (Å²) in [5.41, 5.74) is 5.14. The summed E-state index contributed by atoms with van der Waals surface area (Å²) in [6.07, 6.45) is 4.10. The van der Waals surface area contributed by atoms with Gasteiger partial charge < -0.3 is 5.73 Å². The number of carbonyl (C=O) groups excluding carboxylic acids is 1. The molecule has 2 heteroatoms. The molecule has 0 bridgehead atoms. The SMILES string of the molecule is CC(C)(C)CC=CC(N)=O. The van der Waals surface area contributed by atoms with Gasteiger partial charge in [0.15, 0.2) is 0 Å². The minimum Gasteiger partial charge on any atom is -0.366 e. The van der Waals surface area contributed by atoms with Gasteiger partial charge in [-0.2, -0.15) is 0 Å². The number of nitrogens with two attached hydrogens (primary N) is 1. The quantitative estimate of drug-likeness (QED) is 0.581.